The lowest BCUT2D eigenvalue weighted by Gasteiger charge is -2.30. The van der Waals surface area contributed by atoms with Gasteiger partial charge in [-0.3, -0.25) is 9.59 Å². The van der Waals surface area contributed by atoms with Crippen LogP contribution >= 0.6 is 0 Å². The first-order chi connectivity index (χ1) is 17.8. The molecular formula is C30H32FN3O4. The van der Waals surface area contributed by atoms with Crippen molar-refractivity contribution < 1.29 is 24.2 Å². The fourth-order valence-electron chi connectivity index (χ4n) is 5.15. The maximum Gasteiger partial charge on any atom is 0.249 e. The van der Waals surface area contributed by atoms with E-state index in [4.69, 9.17) is 5.73 Å². The van der Waals surface area contributed by atoms with E-state index in [9.17, 15) is 24.2 Å². The van der Waals surface area contributed by atoms with E-state index >= 15 is 0 Å². The van der Waals surface area contributed by atoms with Crippen molar-refractivity contribution in [3.8, 4) is 28.3 Å². The molecule has 7 nitrogen and oxygen atoms in total. The van der Waals surface area contributed by atoms with Gasteiger partial charge < -0.3 is 25.4 Å². The monoisotopic (exact) mass is 517 g/mol. The van der Waals surface area contributed by atoms with E-state index < -0.39 is 17.1 Å². The summed E-state index contributed by atoms with van der Waals surface area (Å²) < 4.78 is 15.8. The Kier molecular flexibility index (Phi) is 6.69. The van der Waals surface area contributed by atoms with Crippen LogP contribution in [0.25, 0.3) is 27.7 Å². The van der Waals surface area contributed by atoms with E-state index in [-0.39, 0.29) is 29.4 Å². The Hall–Kier alpha value is -4.33. The molecule has 0 aliphatic rings. The van der Waals surface area contributed by atoms with Gasteiger partial charge in [-0.05, 0) is 67.4 Å². The first-order valence-electron chi connectivity index (χ1n) is 12.2. The number of carbonyl (C=O) groups excluding carboxylic acids is 2. The largest absolute Gasteiger partial charge is 0.507 e. The van der Waals surface area contributed by atoms with E-state index in [0.29, 0.717) is 44.5 Å². The van der Waals surface area contributed by atoms with Crippen LogP contribution < -0.4 is 5.73 Å². The van der Waals surface area contributed by atoms with Crippen LogP contribution in [0.15, 0.2) is 48.5 Å². The lowest BCUT2D eigenvalue weighted by Crippen LogP contribution is -2.32. The molecule has 0 aliphatic heterocycles. The number of hydrogen-bond donors (Lipinski definition) is 3. The molecule has 0 bridgehead atoms. The topological polar surface area (TPSA) is 109 Å². The van der Waals surface area contributed by atoms with Crippen LogP contribution in [0.2, 0.25) is 0 Å². The molecule has 8 heteroatoms. The fraction of sp³-hybridized carbons (Fsp3) is 0.267. The van der Waals surface area contributed by atoms with E-state index in [1.807, 2.05) is 24.5 Å². The summed E-state index contributed by atoms with van der Waals surface area (Å²) in [6, 6.07) is 12.4. The highest BCUT2D eigenvalue weighted by Gasteiger charge is 2.36. The van der Waals surface area contributed by atoms with Crippen molar-refractivity contribution in [3.63, 3.8) is 0 Å². The van der Waals surface area contributed by atoms with Crippen LogP contribution in [-0.4, -0.2) is 45.6 Å². The number of nitrogens with two attached hydrogens (primary N) is 1. The van der Waals surface area contributed by atoms with Crippen LogP contribution in [-0.2, 0) is 10.2 Å². The van der Waals surface area contributed by atoms with Gasteiger partial charge in [0.25, 0.3) is 0 Å². The SMILES string of the molecule is Cc1c(C(N)=O)cc(O)c(-c2c(C(C)(C)CC(=O)N(C)C)n(-c3ccc(F)cc3)c3cccc(O)c23)c1C. The molecule has 0 aliphatic carbocycles. The minimum atomic E-state index is -0.828. The Morgan fingerprint density at radius 1 is 0.974 bits per heavy atom. The number of phenolic OH excluding ortho intramolecular Hbond substituents is 2. The van der Waals surface area contributed by atoms with E-state index in [1.165, 1.54) is 23.1 Å². The summed E-state index contributed by atoms with van der Waals surface area (Å²) in [5.41, 5.74) is 8.94. The maximum absolute atomic E-state index is 13.9. The first-order valence-corrected chi connectivity index (χ1v) is 12.2. The molecule has 0 spiro atoms. The van der Waals surface area contributed by atoms with Gasteiger partial charge in [0.2, 0.25) is 11.8 Å². The molecule has 2 amide bonds. The van der Waals surface area contributed by atoms with Crippen molar-refractivity contribution in [2.24, 2.45) is 5.73 Å². The number of halogens is 1. The summed E-state index contributed by atoms with van der Waals surface area (Å²) in [5, 5.41) is 22.9. The third-order valence-electron chi connectivity index (χ3n) is 7.18. The van der Waals surface area contributed by atoms with Crippen molar-refractivity contribution in [1.82, 2.24) is 9.47 Å². The number of fused-ring (bicyclic) bond motifs is 1. The van der Waals surface area contributed by atoms with Gasteiger partial charge in [-0.1, -0.05) is 19.9 Å². The number of nitrogens with zero attached hydrogens (tertiary/aromatic N) is 2. The highest BCUT2D eigenvalue weighted by molar-refractivity contribution is 6.06. The van der Waals surface area contributed by atoms with Crippen molar-refractivity contribution in [2.75, 3.05) is 14.1 Å². The van der Waals surface area contributed by atoms with Crippen LogP contribution in [0.1, 0.15) is 47.4 Å². The van der Waals surface area contributed by atoms with Crippen molar-refractivity contribution in [1.29, 1.82) is 0 Å². The summed E-state index contributed by atoms with van der Waals surface area (Å²) >= 11 is 0. The third kappa shape index (κ3) is 4.36. The number of carbonyl (C=O) groups is 2. The zero-order valence-electron chi connectivity index (χ0n) is 22.4. The van der Waals surface area contributed by atoms with Crippen molar-refractivity contribution in [3.05, 3.63) is 76.7 Å². The third-order valence-corrected chi connectivity index (χ3v) is 7.18. The molecule has 4 rings (SSSR count). The normalized spacial score (nSPS) is 11.7. The number of phenols is 2. The summed E-state index contributed by atoms with van der Waals surface area (Å²) in [6.07, 6.45) is 0.115. The average Bonchev–Trinajstić information content (AvgIpc) is 3.18. The van der Waals surface area contributed by atoms with Crippen molar-refractivity contribution >= 4 is 22.7 Å². The molecule has 0 saturated heterocycles. The number of rotatable bonds is 6. The Morgan fingerprint density at radius 2 is 1.61 bits per heavy atom. The van der Waals surface area contributed by atoms with Crippen LogP contribution in [0.4, 0.5) is 4.39 Å². The summed E-state index contributed by atoms with van der Waals surface area (Å²) in [6.45, 7) is 7.36. The van der Waals surface area contributed by atoms with Gasteiger partial charge in [-0.25, -0.2) is 4.39 Å². The summed E-state index contributed by atoms with van der Waals surface area (Å²) in [4.78, 5) is 26.6. The molecular weight excluding hydrogens is 485 g/mol. The van der Waals surface area contributed by atoms with Crippen LogP contribution in [0.5, 0.6) is 11.5 Å². The molecule has 0 radical (unpaired) electrons. The number of amides is 2. The van der Waals surface area contributed by atoms with Crippen molar-refractivity contribution in [2.45, 2.75) is 39.5 Å². The zero-order chi connectivity index (χ0) is 28.1. The van der Waals surface area contributed by atoms with Crippen LogP contribution in [0.3, 0.4) is 0 Å². The van der Waals surface area contributed by atoms with Gasteiger partial charge in [0, 0.05) is 54.0 Å². The number of primary amides is 1. The molecule has 0 fully saturated rings. The average molecular weight is 518 g/mol. The number of benzene rings is 3. The summed E-state index contributed by atoms with van der Waals surface area (Å²) in [7, 11) is 3.37. The second kappa shape index (κ2) is 9.52. The highest BCUT2D eigenvalue weighted by atomic mass is 19.1. The molecule has 1 heterocycles. The Bertz CT molecular complexity index is 1580. The molecule has 3 aromatic carbocycles. The Morgan fingerprint density at radius 3 is 2.18 bits per heavy atom. The first kappa shape index (κ1) is 26.7. The smallest absolute Gasteiger partial charge is 0.249 e. The molecule has 0 saturated carbocycles. The molecule has 0 atom stereocenters. The molecule has 4 N–H and O–H groups in total. The van der Waals surface area contributed by atoms with Gasteiger partial charge in [0.15, 0.2) is 0 Å². The minimum absolute atomic E-state index is 0.0234. The van der Waals surface area contributed by atoms with Crippen LogP contribution in [0, 0.1) is 19.7 Å². The second-order valence-electron chi connectivity index (χ2n) is 10.5. The number of aromatic nitrogens is 1. The van der Waals surface area contributed by atoms with E-state index in [1.54, 1.807) is 52.2 Å². The second-order valence-corrected chi connectivity index (χ2v) is 10.5. The highest BCUT2D eigenvalue weighted by Crippen LogP contribution is 2.50. The van der Waals surface area contributed by atoms with E-state index in [2.05, 4.69) is 0 Å². The number of hydrogen-bond acceptors (Lipinski definition) is 4. The lowest BCUT2D eigenvalue weighted by molar-refractivity contribution is -0.129. The predicted molar refractivity (Wildman–Crippen MR) is 146 cm³/mol. The van der Waals surface area contributed by atoms with Gasteiger partial charge in [-0.2, -0.15) is 0 Å². The van der Waals surface area contributed by atoms with E-state index in [0.717, 1.165) is 0 Å². The maximum atomic E-state index is 13.9. The zero-order valence-corrected chi connectivity index (χ0v) is 22.4. The minimum Gasteiger partial charge on any atom is -0.507 e. The molecule has 1 aromatic heterocycles. The van der Waals surface area contributed by atoms with Gasteiger partial charge >= 0.3 is 0 Å². The Labute approximate surface area is 220 Å². The number of aromatic hydroxyl groups is 2. The lowest BCUT2D eigenvalue weighted by atomic mass is 9.79. The predicted octanol–water partition coefficient (Wildman–Crippen LogP) is 5.32. The molecule has 198 valence electrons. The van der Waals surface area contributed by atoms with Gasteiger partial charge in [0.1, 0.15) is 17.3 Å². The quantitative estimate of drug-likeness (QED) is 0.322. The van der Waals surface area contributed by atoms with Gasteiger partial charge in [0.05, 0.1) is 10.9 Å². The Balaban J connectivity index is 2.24. The van der Waals surface area contributed by atoms with Gasteiger partial charge in [-0.15, -0.1) is 0 Å². The fourth-order valence-corrected chi connectivity index (χ4v) is 5.15. The summed E-state index contributed by atoms with van der Waals surface area (Å²) in [5.74, 6) is -1.38. The molecule has 0 unspecified atom stereocenters. The standard InChI is InChI=1S/C30H32FN3O4/c1-16-17(2)25(23(36)14-20(16)29(32)38)27-26-21(8-7-9-22(26)35)34(19-12-10-18(31)11-13-19)28(27)30(3,4)15-24(37)33(5)6/h7-14,35-36H,15H2,1-6H3,(H2,32,38). The molecule has 38 heavy (non-hydrogen) atoms. The molecule has 4 aromatic rings.